The second-order valence-corrected chi connectivity index (χ2v) is 9.86. The van der Waals surface area contributed by atoms with Gasteiger partial charge in [-0.15, -0.1) is 11.3 Å². The van der Waals surface area contributed by atoms with Gasteiger partial charge in [-0.3, -0.25) is 4.79 Å². The van der Waals surface area contributed by atoms with E-state index in [0.29, 0.717) is 37.0 Å². The Morgan fingerprint density at radius 2 is 2.12 bits per heavy atom. The van der Waals surface area contributed by atoms with Gasteiger partial charge in [0.1, 0.15) is 4.21 Å². The summed E-state index contributed by atoms with van der Waals surface area (Å²) in [6.07, 6.45) is 1.55. The van der Waals surface area contributed by atoms with Crippen LogP contribution in [0.4, 0.5) is 0 Å². The minimum Gasteiger partial charge on any atom is -0.384 e. The molecule has 0 bridgehead atoms. The lowest BCUT2D eigenvalue weighted by molar-refractivity contribution is -0.128. The zero-order valence-electron chi connectivity index (χ0n) is 14.1. The number of ether oxygens (including phenoxy) is 1. The number of thiophene rings is 1. The summed E-state index contributed by atoms with van der Waals surface area (Å²) in [5.74, 6) is 0.361. The fraction of sp³-hybridized carbons (Fsp3) is 0.688. The largest absolute Gasteiger partial charge is 0.384 e. The van der Waals surface area contributed by atoms with Gasteiger partial charge >= 0.3 is 0 Å². The van der Waals surface area contributed by atoms with Crippen molar-refractivity contribution in [3.63, 3.8) is 0 Å². The molecule has 1 atom stereocenters. The Labute approximate surface area is 147 Å². The molecule has 3 heterocycles. The number of carbonyl (C=O) groups excluding carboxylic acids is 1. The summed E-state index contributed by atoms with van der Waals surface area (Å²) in [7, 11) is -1.70. The molecule has 2 aliphatic rings. The van der Waals surface area contributed by atoms with E-state index >= 15 is 0 Å². The van der Waals surface area contributed by atoms with Crippen molar-refractivity contribution >= 4 is 27.3 Å². The number of sulfonamides is 1. The minimum atomic E-state index is -3.38. The van der Waals surface area contributed by atoms with E-state index in [2.05, 4.69) is 0 Å². The number of nitrogens with zero attached hydrogens (tertiary/aromatic N) is 2. The highest BCUT2D eigenvalue weighted by Crippen LogP contribution is 2.45. The van der Waals surface area contributed by atoms with E-state index in [1.165, 1.54) is 11.3 Å². The lowest BCUT2D eigenvalue weighted by atomic mass is 9.71. The fourth-order valence-corrected chi connectivity index (χ4v) is 6.57. The van der Waals surface area contributed by atoms with Gasteiger partial charge in [-0.05, 0) is 29.7 Å². The van der Waals surface area contributed by atoms with Gasteiger partial charge in [0.25, 0.3) is 10.0 Å². The molecular weight excluding hydrogens is 348 g/mol. The zero-order chi connectivity index (χ0) is 17.4. The molecule has 24 heavy (non-hydrogen) atoms. The van der Waals surface area contributed by atoms with Crippen LogP contribution in [0.1, 0.15) is 19.8 Å². The third kappa shape index (κ3) is 3.12. The molecule has 1 amide bonds. The average Bonchev–Trinajstić information content (AvgIpc) is 3.18. The molecule has 1 aromatic heterocycles. The molecule has 0 aliphatic carbocycles. The molecule has 134 valence electrons. The van der Waals surface area contributed by atoms with Crippen LogP contribution >= 0.6 is 11.3 Å². The molecule has 1 unspecified atom stereocenters. The third-order valence-electron chi connectivity index (χ3n) is 5.43. The normalized spacial score (nSPS) is 24.6. The van der Waals surface area contributed by atoms with Gasteiger partial charge in [-0.25, -0.2) is 8.42 Å². The number of hydrogen-bond acceptors (Lipinski definition) is 5. The van der Waals surface area contributed by atoms with Crippen molar-refractivity contribution in [3.8, 4) is 0 Å². The van der Waals surface area contributed by atoms with Crippen LogP contribution in [0, 0.1) is 11.3 Å². The van der Waals surface area contributed by atoms with Crippen LogP contribution in [-0.2, 0) is 19.6 Å². The van der Waals surface area contributed by atoms with Crippen LogP contribution in [0.2, 0.25) is 0 Å². The van der Waals surface area contributed by atoms with E-state index in [1.807, 2.05) is 4.90 Å². The van der Waals surface area contributed by atoms with Crippen LogP contribution < -0.4 is 0 Å². The Balaban J connectivity index is 1.74. The number of rotatable bonds is 4. The van der Waals surface area contributed by atoms with Gasteiger partial charge < -0.3 is 9.64 Å². The number of hydrogen-bond donors (Lipinski definition) is 0. The SMILES string of the molecule is COCC1CN(C(C)=O)CC12CCN(S(=O)(=O)c1cccs1)CC2. The quantitative estimate of drug-likeness (QED) is 0.806. The summed E-state index contributed by atoms with van der Waals surface area (Å²) in [4.78, 5) is 13.7. The lowest BCUT2D eigenvalue weighted by Gasteiger charge is -2.41. The summed E-state index contributed by atoms with van der Waals surface area (Å²) < 4.78 is 32.7. The fourth-order valence-electron chi connectivity index (χ4n) is 3.98. The summed E-state index contributed by atoms with van der Waals surface area (Å²) in [5, 5.41) is 1.79. The second kappa shape index (κ2) is 6.74. The van der Waals surface area contributed by atoms with Gasteiger partial charge in [-0.2, -0.15) is 4.31 Å². The maximum absolute atomic E-state index is 12.7. The van der Waals surface area contributed by atoms with Crippen LogP contribution in [0.15, 0.2) is 21.7 Å². The van der Waals surface area contributed by atoms with Crippen LogP contribution in [0.3, 0.4) is 0 Å². The molecule has 6 nitrogen and oxygen atoms in total. The maximum Gasteiger partial charge on any atom is 0.252 e. The van der Waals surface area contributed by atoms with E-state index in [4.69, 9.17) is 4.74 Å². The Hall–Kier alpha value is -0.960. The van der Waals surface area contributed by atoms with Crippen LogP contribution in [-0.4, -0.2) is 63.4 Å². The van der Waals surface area contributed by atoms with Gasteiger partial charge in [-0.1, -0.05) is 6.07 Å². The highest BCUT2D eigenvalue weighted by atomic mass is 32.2. The first-order valence-corrected chi connectivity index (χ1v) is 10.5. The Bertz CT molecular complexity index is 679. The number of methoxy groups -OCH3 is 1. The number of carbonyl (C=O) groups is 1. The Kier molecular flexibility index (Phi) is 5.01. The van der Waals surface area contributed by atoms with E-state index < -0.39 is 10.0 Å². The average molecular weight is 373 g/mol. The van der Waals surface area contributed by atoms with Crippen molar-refractivity contribution < 1.29 is 17.9 Å². The first-order chi connectivity index (χ1) is 11.4. The van der Waals surface area contributed by atoms with E-state index in [-0.39, 0.29) is 17.2 Å². The summed E-state index contributed by atoms with van der Waals surface area (Å²) in [6, 6.07) is 3.42. The van der Waals surface area contributed by atoms with Crippen molar-refractivity contribution in [3.05, 3.63) is 17.5 Å². The molecule has 0 N–H and O–H groups in total. The van der Waals surface area contributed by atoms with E-state index in [1.54, 1.807) is 35.9 Å². The van der Waals surface area contributed by atoms with Gasteiger partial charge in [0.2, 0.25) is 5.91 Å². The zero-order valence-corrected chi connectivity index (χ0v) is 15.7. The maximum atomic E-state index is 12.7. The molecule has 8 heteroatoms. The first kappa shape index (κ1) is 17.8. The molecule has 2 aliphatic heterocycles. The van der Waals surface area contributed by atoms with Gasteiger partial charge in [0, 0.05) is 46.1 Å². The minimum absolute atomic E-state index is 0.0247. The molecule has 2 saturated heterocycles. The van der Waals surface area contributed by atoms with E-state index in [0.717, 1.165) is 12.8 Å². The summed E-state index contributed by atoms with van der Waals surface area (Å²) in [6.45, 7) is 4.64. The Morgan fingerprint density at radius 3 is 2.67 bits per heavy atom. The molecule has 0 aromatic carbocycles. The highest BCUT2D eigenvalue weighted by Gasteiger charge is 2.49. The Morgan fingerprint density at radius 1 is 1.42 bits per heavy atom. The highest BCUT2D eigenvalue weighted by molar-refractivity contribution is 7.91. The molecule has 0 saturated carbocycles. The number of piperidine rings is 1. The first-order valence-electron chi connectivity index (χ1n) is 8.17. The van der Waals surface area contributed by atoms with E-state index in [9.17, 15) is 13.2 Å². The molecule has 2 fully saturated rings. The molecule has 3 rings (SSSR count). The van der Waals surface area contributed by atoms with Gasteiger partial charge in [0.05, 0.1) is 6.61 Å². The summed E-state index contributed by atoms with van der Waals surface area (Å²) >= 11 is 1.26. The van der Waals surface area contributed by atoms with Gasteiger partial charge in [0.15, 0.2) is 0 Å². The lowest BCUT2D eigenvalue weighted by Crippen LogP contribution is -2.47. The standard InChI is InChI=1S/C16H24N2O4S2/c1-13(19)17-10-14(11-22-2)16(12-17)5-7-18(8-6-16)24(20,21)15-4-3-9-23-15/h3-4,9,14H,5-8,10-12H2,1-2H3. The molecular formula is C16H24N2O4S2. The number of amides is 1. The van der Waals surface area contributed by atoms with Crippen molar-refractivity contribution in [1.82, 2.24) is 9.21 Å². The predicted molar refractivity (Wildman–Crippen MR) is 92.4 cm³/mol. The predicted octanol–water partition coefficient (Wildman–Crippen LogP) is 1.64. The molecule has 1 aromatic rings. The third-order valence-corrected chi connectivity index (χ3v) is 8.70. The topological polar surface area (TPSA) is 66.9 Å². The van der Waals surface area contributed by atoms with Crippen LogP contribution in [0.25, 0.3) is 0 Å². The van der Waals surface area contributed by atoms with Crippen molar-refractivity contribution in [2.75, 3.05) is 39.9 Å². The van der Waals surface area contributed by atoms with Crippen molar-refractivity contribution in [1.29, 1.82) is 0 Å². The van der Waals surface area contributed by atoms with Crippen molar-refractivity contribution in [2.24, 2.45) is 11.3 Å². The molecule has 1 spiro atoms. The summed E-state index contributed by atoms with van der Waals surface area (Å²) in [5.41, 5.74) is -0.0247. The second-order valence-electron chi connectivity index (χ2n) is 6.75. The van der Waals surface area contributed by atoms with Crippen LogP contribution in [0.5, 0.6) is 0 Å². The molecule has 0 radical (unpaired) electrons. The van der Waals surface area contributed by atoms with Crippen molar-refractivity contribution in [2.45, 2.75) is 24.0 Å². The number of likely N-dealkylation sites (tertiary alicyclic amines) is 1. The monoisotopic (exact) mass is 372 g/mol. The smallest absolute Gasteiger partial charge is 0.252 e.